The van der Waals surface area contributed by atoms with Crippen molar-refractivity contribution in [3.8, 4) is 5.75 Å². The van der Waals surface area contributed by atoms with Crippen LogP contribution in [-0.4, -0.2) is 23.9 Å². The summed E-state index contributed by atoms with van der Waals surface area (Å²) < 4.78 is 5.92. The van der Waals surface area contributed by atoms with Crippen LogP contribution in [0.5, 0.6) is 5.75 Å². The van der Waals surface area contributed by atoms with E-state index >= 15 is 0 Å². The molecule has 0 saturated heterocycles. The zero-order valence-electron chi connectivity index (χ0n) is 19.9. The summed E-state index contributed by atoms with van der Waals surface area (Å²) in [5, 5.41) is 20.3. The van der Waals surface area contributed by atoms with Crippen molar-refractivity contribution in [3.05, 3.63) is 40.5 Å². The lowest BCUT2D eigenvalue weighted by atomic mass is 9.45. The fourth-order valence-corrected chi connectivity index (χ4v) is 6.00. The highest BCUT2D eigenvalue weighted by molar-refractivity contribution is 5.51. The van der Waals surface area contributed by atoms with Crippen LogP contribution < -0.4 is 4.74 Å². The summed E-state index contributed by atoms with van der Waals surface area (Å²) in [4.78, 5) is 0. The molecule has 30 heavy (non-hydrogen) atoms. The van der Waals surface area contributed by atoms with Crippen LogP contribution >= 0.6 is 0 Å². The van der Waals surface area contributed by atoms with E-state index in [1.54, 1.807) is 7.11 Å². The van der Waals surface area contributed by atoms with Crippen LogP contribution in [0.25, 0.3) is 0 Å². The van der Waals surface area contributed by atoms with Crippen molar-refractivity contribution in [1.29, 1.82) is 0 Å². The standard InChI is InChI=1S/C27H42O3/c1-7-8-9-10-11-26(2,3)20-12-19(17-29)25(24(14-20)30-6)21-13-18(16-28)22-15-23(21)27(22,4)5/h12-14,21-23,28-29H,7-11,15-17H2,1-6H3/t21-,22+,23-/m0/s1. The van der Waals surface area contributed by atoms with Crippen LogP contribution in [0.3, 0.4) is 0 Å². The van der Waals surface area contributed by atoms with Crippen molar-refractivity contribution in [2.24, 2.45) is 17.3 Å². The Labute approximate surface area is 183 Å². The van der Waals surface area contributed by atoms with Gasteiger partial charge in [0.05, 0.1) is 20.3 Å². The molecule has 1 fully saturated rings. The Hall–Kier alpha value is -1.32. The second kappa shape index (κ2) is 9.04. The number of unbranched alkanes of at least 4 members (excludes halogenated alkanes) is 3. The van der Waals surface area contributed by atoms with Gasteiger partial charge in [0.2, 0.25) is 0 Å². The average Bonchev–Trinajstić information content (AvgIpc) is 2.74. The van der Waals surface area contributed by atoms with Crippen LogP contribution in [0.2, 0.25) is 0 Å². The minimum absolute atomic E-state index is 0.0147. The van der Waals surface area contributed by atoms with E-state index in [0.717, 1.165) is 35.3 Å². The summed E-state index contributed by atoms with van der Waals surface area (Å²) >= 11 is 0. The van der Waals surface area contributed by atoms with Gasteiger partial charge in [-0.2, -0.15) is 0 Å². The van der Waals surface area contributed by atoms with Crippen molar-refractivity contribution >= 4 is 0 Å². The van der Waals surface area contributed by atoms with Crippen LogP contribution in [0.4, 0.5) is 0 Å². The lowest BCUT2D eigenvalue weighted by Gasteiger charge is -2.59. The SMILES string of the molecule is CCCCCCC(C)(C)c1cc(CO)c([C@H]2C=C(CO)[C@H]3C[C@@H]2C3(C)C)c(OC)c1. The maximum absolute atomic E-state index is 10.3. The molecule has 1 saturated carbocycles. The molecule has 0 amide bonds. The van der Waals surface area contributed by atoms with Gasteiger partial charge in [0.15, 0.2) is 0 Å². The lowest BCUT2D eigenvalue weighted by molar-refractivity contribution is -0.0260. The maximum atomic E-state index is 10.3. The molecule has 3 heteroatoms. The van der Waals surface area contributed by atoms with Gasteiger partial charge in [0, 0.05) is 11.5 Å². The predicted molar refractivity (Wildman–Crippen MR) is 124 cm³/mol. The summed E-state index contributed by atoms with van der Waals surface area (Å²) in [5.41, 5.74) is 4.71. The number of hydrogen-bond donors (Lipinski definition) is 2. The number of aliphatic hydroxyl groups is 2. The largest absolute Gasteiger partial charge is 0.496 e. The lowest BCUT2D eigenvalue weighted by Crippen LogP contribution is -2.52. The highest BCUT2D eigenvalue weighted by Crippen LogP contribution is 2.64. The smallest absolute Gasteiger partial charge is 0.123 e. The van der Waals surface area contributed by atoms with E-state index in [1.165, 1.54) is 31.2 Å². The van der Waals surface area contributed by atoms with Crippen LogP contribution in [0.1, 0.15) is 95.8 Å². The van der Waals surface area contributed by atoms with Gasteiger partial charge >= 0.3 is 0 Å². The van der Waals surface area contributed by atoms with Crippen LogP contribution in [0, 0.1) is 17.3 Å². The van der Waals surface area contributed by atoms with E-state index in [0.29, 0.717) is 11.8 Å². The Kier molecular flexibility index (Phi) is 7.04. The van der Waals surface area contributed by atoms with Gasteiger partial charge in [-0.15, -0.1) is 0 Å². The highest BCUT2D eigenvalue weighted by atomic mass is 16.5. The minimum Gasteiger partial charge on any atom is -0.496 e. The first-order valence-corrected chi connectivity index (χ1v) is 11.8. The minimum atomic E-state index is 0.0147. The topological polar surface area (TPSA) is 49.7 Å². The normalized spacial score (nSPS) is 24.9. The Morgan fingerprint density at radius 2 is 1.83 bits per heavy atom. The molecule has 0 unspecified atom stereocenters. The average molecular weight is 415 g/mol. The quantitative estimate of drug-likeness (QED) is 0.358. The number of ether oxygens (including phenoxy) is 1. The van der Waals surface area contributed by atoms with E-state index < -0.39 is 0 Å². The maximum Gasteiger partial charge on any atom is 0.123 e. The molecular formula is C27H42O3. The fraction of sp³-hybridized carbons (Fsp3) is 0.704. The van der Waals surface area contributed by atoms with Crippen molar-refractivity contribution in [1.82, 2.24) is 0 Å². The number of allylic oxidation sites excluding steroid dienone is 1. The first-order chi connectivity index (χ1) is 14.2. The first-order valence-electron chi connectivity index (χ1n) is 11.8. The van der Waals surface area contributed by atoms with Gasteiger partial charge in [-0.1, -0.05) is 72.4 Å². The van der Waals surface area contributed by atoms with E-state index in [-0.39, 0.29) is 30.0 Å². The second-order valence-electron chi connectivity index (χ2n) is 10.7. The van der Waals surface area contributed by atoms with Gasteiger partial charge in [-0.05, 0) is 58.3 Å². The molecule has 0 aromatic heterocycles. The third kappa shape index (κ3) is 4.08. The Morgan fingerprint density at radius 1 is 1.10 bits per heavy atom. The first kappa shape index (κ1) is 23.3. The van der Waals surface area contributed by atoms with Crippen molar-refractivity contribution in [2.45, 2.75) is 91.1 Å². The van der Waals surface area contributed by atoms with E-state index in [4.69, 9.17) is 4.74 Å². The fourth-order valence-electron chi connectivity index (χ4n) is 6.00. The van der Waals surface area contributed by atoms with Gasteiger partial charge in [0.25, 0.3) is 0 Å². The van der Waals surface area contributed by atoms with Crippen LogP contribution in [-0.2, 0) is 12.0 Å². The molecule has 0 heterocycles. The zero-order chi connectivity index (χ0) is 22.1. The summed E-state index contributed by atoms with van der Waals surface area (Å²) in [6.45, 7) is 11.6. The molecule has 3 nitrogen and oxygen atoms in total. The molecule has 3 aliphatic rings. The molecule has 1 aromatic rings. The zero-order valence-corrected chi connectivity index (χ0v) is 19.9. The van der Waals surface area contributed by atoms with Gasteiger partial charge in [-0.3, -0.25) is 0 Å². The van der Waals surface area contributed by atoms with Crippen molar-refractivity contribution in [3.63, 3.8) is 0 Å². The molecule has 0 spiro atoms. The summed E-state index contributed by atoms with van der Waals surface area (Å²) in [7, 11) is 1.74. The molecule has 3 atom stereocenters. The third-order valence-electron chi connectivity index (χ3n) is 8.19. The number of hydrogen-bond acceptors (Lipinski definition) is 3. The molecule has 0 aliphatic heterocycles. The molecule has 2 N–H and O–H groups in total. The number of fused-ring (bicyclic) bond motifs is 1. The van der Waals surface area contributed by atoms with E-state index in [9.17, 15) is 10.2 Å². The highest BCUT2D eigenvalue weighted by Gasteiger charge is 2.55. The molecule has 3 aliphatic carbocycles. The third-order valence-corrected chi connectivity index (χ3v) is 8.19. The summed E-state index contributed by atoms with van der Waals surface area (Å²) in [6.07, 6.45) is 9.55. The number of benzene rings is 1. The summed E-state index contributed by atoms with van der Waals surface area (Å²) in [6, 6.07) is 4.42. The Balaban J connectivity index is 1.99. The van der Waals surface area contributed by atoms with Crippen molar-refractivity contribution < 1.29 is 14.9 Å². The molecular weight excluding hydrogens is 372 g/mol. The van der Waals surface area contributed by atoms with Gasteiger partial charge in [-0.25, -0.2) is 0 Å². The molecule has 1 aromatic carbocycles. The van der Waals surface area contributed by atoms with E-state index in [2.05, 4.69) is 52.8 Å². The second-order valence-corrected chi connectivity index (χ2v) is 10.7. The van der Waals surface area contributed by atoms with E-state index in [1.807, 2.05) is 0 Å². The monoisotopic (exact) mass is 414 g/mol. The molecule has 0 radical (unpaired) electrons. The molecule has 168 valence electrons. The molecule has 2 bridgehead atoms. The van der Waals surface area contributed by atoms with Gasteiger partial charge < -0.3 is 14.9 Å². The Morgan fingerprint density at radius 3 is 2.40 bits per heavy atom. The predicted octanol–water partition coefficient (Wildman–Crippen LogP) is 6.11. The summed E-state index contributed by atoms with van der Waals surface area (Å²) in [5.74, 6) is 2.07. The van der Waals surface area contributed by atoms with Gasteiger partial charge in [0.1, 0.15) is 5.75 Å². The number of methoxy groups -OCH3 is 1. The van der Waals surface area contributed by atoms with Crippen LogP contribution in [0.15, 0.2) is 23.8 Å². The number of rotatable bonds is 10. The molecule has 4 rings (SSSR count). The Bertz CT molecular complexity index is 749. The number of aliphatic hydroxyl groups excluding tert-OH is 2. The van der Waals surface area contributed by atoms with Crippen molar-refractivity contribution in [2.75, 3.05) is 13.7 Å².